The molecule has 1 aliphatic heterocycles. The number of nitrogens with zero attached hydrogens (tertiary/aromatic N) is 3. The number of thioether (sulfide) groups is 1. The molecule has 0 aliphatic carbocycles. The highest BCUT2D eigenvalue weighted by Gasteiger charge is 2.17. The van der Waals surface area contributed by atoms with E-state index in [2.05, 4.69) is 22.0 Å². The molecule has 1 saturated heterocycles. The van der Waals surface area contributed by atoms with Gasteiger partial charge in [0.1, 0.15) is 0 Å². The molecule has 0 radical (unpaired) electrons. The van der Waals surface area contributed by atoms with Crippen LogP contribution in [0.3, 0.4) is 0 Å². The first kappa shape index (κ1) is 10.1. The average Bonchev–Trinajstić information content (AvgIpc) is 2.19. The average molecular weight is 230 g/mol. The zero-order valence-electron chi connectivity index (χ0n) is 7.98. The van der Waals surface area contributed by atoms with Crippen LogP contribution < -0.4 is 4.90 Å². The maximum absolute atomic E-state index is 5.68. The third kappa shape index (κ3) is 2.30. The van der Waals surface area contributed by atoms with Crippen LogP contribution in [-0.4, -0.2) is 34.3 Å². The summed E-state index contributed by atoms with van der Waals surface area (Å²) in [6, 6.07) is 3.72. The zero-order valence-corrected chi connectivity index (χ0v) is 9.55. The van der Waals surface area contributed by atoms with Gasteiger partial charge < -0.3 is 4.90 Å². The van der Waals surface area contributed by atoms with Crippen molar-refractivity contribution >= 4 is 29.2 Å². The van der Waals surface area contributed by atoms with Crippen molar-refractivity contribution in [2.24, 2.45) is 0 Å². The summed E-state index contributed by atoms with van der Waals surface area (Å²) in [7, 11) is 0. The van der Waals surface area contributed by atoms with Gasteiger partial charge in [-0.25, -0.2) is 0 Å². The first-order valence-electron chi connectivity index (χ1n) is 4.61. The third-order valence-corrected chi connectivity index (χ3v) is 3.52. The molecule has 0 amide bonds. The van der Waals surface area contributed by atoms with Gasteiger partial charge >= 0.3 is 0 Å². The van der Waals surface area contributed by atoms with E-state index >= 15 is 0 Å². The molecule has 0 saturated carbocycles. The molecule has 0 bridgehead atoms. The van der Waals surface area contributed by atoms with Crippen LogP contribution >= 0.6 is 23.4 Å². The van der Waals surface area contributed by atoms with Crippen molar-refractivity contribution in [2.45, 2.75) is 12.2 Å². The fraction of sp³-hybridized carbons (Fsp3) is 0.556. The molecule has 2 heterocycles. The van der Waals surface area contributed by atoms with Crippen molar-refractivity contribution in [3.63, 3.8) is 0 Å². The van der Waals surface area contributed by atoms with Crippen molar-refractivity contribution in [1.82, 2.24) is 10.2 Å². The van der Waals surface area contributed by atoms with Crippen molar-refractivity contribution in [1.29, 1.82) is 0 Å². The summed E-state index contributed by atoms with van der Waals surface area (Å²) in [5.74, 6) is 2.09. The Morgan fingerprint density at radius 2 is 2.36 bits per heavy atom. The fourth-order valence-electron chi connectivity index (χ4n) is 1.50. The lowest BCUT2D eigenvalue weighted by molar-refractivity contribution is 0.759. The molecule has 1 aliphatic rings. The predicted octanol–water partition coefficient (Wildman–Crippen LogP) is 2.07. The van der Waals surface area contributed by atoms with Crippen molar-refractivity contribution < 1.29 is 0 Å². The predicted molar refractivity (Wildman–Crippen MR) is 61.2 cm³/mol. The Morgan fingerprint density at radius 1 is 1.50 bits per heavy atom. The Morgan fingerprint density at radius 3 is 3.00 bits per heavy atom. The van der Waals surface area contributed by atoms with Gasteiger partial charge in [-0.15, -0.1) is 10.2 Å². The van der Waals surface area contributed by atoms with Gasteiger partial charge in [0.25, 0.3) is 0 Å². The normalized spacial score (nSPS) is 22.4. The highest BCUT2D eigenvalue weighted by Crippen LogP contribution is 2.22. The highest BCUT2D eigenvalue weighted by atomic mass is 35.5. The standard InChI is InChI=1S/C9H12ClN3S/c1-7-6-13(4-5-14-7)9-3-2-8(10)11-12-9/h2-3,7H,4-6H2,1H3. The Kier molecular flexibility index (Phi) is 3.13. The van der Waals surface area contributed by atoms with Gasteiger partial charge in [-0.2, -0.15) is 11.8 Å². The molecule has 14 heavy (non-hydrogen) atoms. The molecule has 1 fully saturated rings. The quantitative estimate of drug-likeness (QED) is 0.738. The number of rotatable bonds is 1. The van der Waals surface area contributed by atoms with E-state index in [0.717, 1.165) is 24.7 Å². The lowest BCUT2D eigenvalue weighted by Gasteiger charge is -2.30. The summed E-state index contributed by atoms with van der Waals surface area (Å²) < 4.78 is 0. The van der Waals surface area contributed by atoms with Crippen LogP contribution in [0.5, 0.6) is 0 Å². The van der Waals surface area contributed by atoms with E-state index in [-0.39, 0.29) is 0 Å². The van der Waals surface area contributed by atoms with Crippen LogP contribution in [0.15, 0.2) is 12.1 Å². The maximum atomic E-state index is 5.68. The maximum Gasteiger partial charge on any atom is 0.151 e. The molecular weight excluding hydrogens is 218 g/mol. The van der Waals surface area contributed by atoms with Crippen LogP contribution in [0.4, 0.5) is 5.82 Å². The van der Waals surface area contributed by atoms with Crippen molar-refractivity contribution in [3.8, 4) is 0 Å². The SMILES string of the molecule is CC1CN(c2ccc(Cl)nn2)CCS1. The van der Waals surface area contributed by atoms with E-state index < -0.39 is 0 Å². The molecule has 1 unspecified atom stereocenters. The lowest BCUT2D eigenvalue weighted by Crippen LogP contribution is -2.37. The molecule has 0 spiro atoms. The second-order valence-electron chi connectivity index (χ2n) is 3.34. The number of hydrogen-bond acceptors (Lipinski definition) is 4. The van der Waals surface area contributed by atoms with Crippen LogP contribution in [-0.2, 0) is 0 Å². The fourth-order valence-corrected chi connectivity index (χ4v) is 2.62. The molecule has 0 aromatic carbocycles. The number of aromatic nitrogens is 2. The van der Waals surface area contributed by atoms with Gasteiger partial charge in [-0.1, -0.05) is 18.5 Å². The van der Waals surface area contributed by atoms with Gasteiger partial charge in [-0.3, -0.25) is 0 Å². The van der Waals surface area contributed by atoms with Gasteiger partial charge in [0.15, 0.2) is 11.0 Å². The van der Waals surface area contributed by atoms with Crippen LogP contribution in [0.1, 0.15) is 6.92 Å². The Balaban J connectivity index is 2.10. The molecule has 1 aromatic heterocycles. The van der Waals surface area contributed by atoms with E-state index in [0.29, 0.717) is 10.4 Å². The minimum Gasteiger partial charge on any atom is -0.353 e. The smallest absolute Gasteiger partial charge is 0.151 e. The van der Waals surface area contributed by atoms with Crippen LogP contribution in [0.25, 0.3) is 0 Å². The molecule has 5 heteroatoms. The molecular formula is C9H12ClN3S. The molecule has 2 rings (SSSR count). The van der Waals surface area contributed by atoms with Gasteiger partial charge in [0.2, 0.25) is 0 Å². The molecule has 0 N–H and O–H groups in total. The minimum atomic E-state index is 0.452. The lowest BCUT2D eigenvalue weighted by atomic mass is 10.3. The Hall–Kier alpha value is -0.480. The van der Waals surface area contributed by atoms with E-state index in [4.69, 9.17) is 11.6 Å². The molecule has 76 valence electrons. The van der Waals surface area contributed by atoms with Gasteiger partial charge in [-0.05, 0) is 12.1 Å². The highest BCUT2D eigenvalue weighted by molar-refractivity contribution is 8.00. The van der Waals surface area contributed by atoms with Crippen LogP contribution in [0.2, 0.25) is 5.15 Å². The summed E-state index contributed by atoms with van der Waals surface area (Å²) in [4.78, 5) is 2.25. The van der Waals surface area contributed by atoms with Gasteiger partial charge in [0.05, 0.1) is 0 Å². The van der Waals surface area contributed by atoms with E-state index in [1.807, 2.05) is 17.8 Å². The van der Waals surface area contributed by atoms with Crippen molar-refractivity contribution in [3.05, 3.63) is 17.3 Å². The first-order chi connectivity index (χ1) is 6.75. The second kappa shape index (κ2) is 4.36. The largest absolute Gasteiger partial charge is 0.353 e. The summed E-state index contributed by atoms with van der Waals surface area (Å²) in [6.45, 7) is 4.33. The first-order valence-corrected chi connectivity index (χ1v) is 6.04. The second-order valence-corrected chi connectivity index (χ2v) is 5.28. The minimum absolute atomic E-state index is 0.452. The van der Waals surface area contributed by atoms with Crippen LogP contribution in [0, 0.1) is 0 Å². The molecule has 1 atom stereocenters. The summed E-state index contributed by atoms with van der Waals surface area (Å²) in [5.41, 5.74) is 0. The molecule has 3 nitrogen and oxygen atoms in total. The van der Waals surface area contributed by atoms with Crippen molar-refractivity contribution in [2.75, 3.05) is 23.7 Å². The monoisotopic (exact) mass is 229 g/mol. The van der Waals surface area contributed by atoms with E-state index in [9.17, 15) is 0 Å². The Bertz CT molecular complexity index is 303. The summed E-state index contributed by atoms with van der Waals surface area (Å²) in [6.07, 6.45) is 0. The molecule has 1 aromatic rings. The van der Waals surface area contributed by atoms with Gasteiger partial charge in [0, 0.05) is 24.1 Å². The Labute approximate surface area is 92.8 Å². The van der Waals surface area contributed by atoms with E-state index in [1.165, 1.54) is 0 Å². The number of anilines is 1. The summed E-state index contributed by atoms with van der Waals surface area (Å²) in [5, 5.41) is 9.04. The third-order valence-electron chi connectivity index (χ3n) is 2.18. The zero-order chi connectivity index (χ0) is 9.97. The topological polar surface area (TPSA) is 29.0 Å². The number of halogens is 1. The summed E-state index contributed by atoms with van der Waals surface area (Å²) >= 11 is 7.69. The number of hydrogen-bond donors (Lipinski definition) is 0. The van der Waals surface area contributed by atoms with E-state index in [1.54, 1.807) is 6.07 Å².